The maximum atomic E-state index is 10.4. The number of hydrogen-bond donors (Lipinski definition) is 2. The molecule has 224 valence electrons. The van der Waals surface area contributed by atoms with Crippen molar-refractivity contribution in [2.75, 3.05) is 48.3 Å². The third-order valence-electron chi connectivity index (χ3n) is 9.36. The van der Waals surface area contributed by atoms with Crippen LogP contribution in [0, 0.1) is 11.8 Å². The van der Waals surface area contributed by atoms with Crippen LogP contribution in [0.5, 0.6) is 5.75 Å². The average Bonchev–Trinajstić information content (AvgIpc) is 3.19. The summed E-state index contributed by atoms with van der Waals surface area (Å²) in [6.07, 6.45) is 11.5. The Bertz CT molecular complexity index is 1650. The molecule has 0 aliphatic carbocycles. The first kappa shape index (κ1) is 28.1. The number of rotatable bonds is 5. The van der Waals surface area contributed by atoms with Gasteiger partial charge in [0.2, 0.25) is 0 Å². The van der Waals surface area contributed by atoms with E-state index >= 15 is 0 Å². The Hall–Kier alpha value is -4.68. The van der Waals surface area contributed by atoms with Gasteiger partial charge < -0.3 is 20.6 Å². The molecule has 4 aromatic rings. The van der Waals surface area contributed by atoms with Crippen LogP contribution in [0.15, 0.2) is 73.2 Å². The first-order chi connectivity index (χ1) is 21.6. The van der Waals surface area contributed by atoms with Crippen molar-refractivity contribution in [2.24, 2.45) is 0 Å². The second kappa shape index (κ2) is 12.5. The number of aromatic nitrogens is 4. The Morgan fingerprint density at radius 1 is 0.886 bits per heavy atom. The molecule has 7 rings (SSSR count). The fourth-order valence-corrected chi connectivity index (χ4v) is 7.16. The predicted octanol–water partition coefficient (Wildman–Crippen LogP) is 4.70. The molecule has 9 heteroatoms. The highest BCUT2D eigenvalue weighted by Gasteiger charge is 2.40. The second-order valence-corrected chi connectivity index (χ2v) is 12.1. The molecule has 0 saturated carbocycles. The van der Waals surface area contributed by atoms with Gasteiger partial charge in [-0.3, -0.25) is 9.88 Å². The number of phenols is 1. The predicted molar refractivity (Wildman–Crippen MR) is 173 cm³/mol. The average molecular weight is 587 g/mol. The Kier molecular flexibility index (Phi) is 7.99. The first-order valence-corrected chi connectivity index (χ1v) is 15.6. The zero-order valence-electron chi connectivity index (χ0n) is 24.9. The number of pyridine rings is 2. The lowest BCUT2D eigenvalue weighted by atomic mass is 9.93. The third-order valence-corrected chi connectivity index (χ3v) is 9.36. The number of benzene rings is 1. The minimum Gasteiger partial charge on any atom is -0.507 e. The molecule has 0 spiro atoms. The number of nitrogens with zero attached hydrogens (tertiary/aromatic N) is 7. The van der Waals surface area contributed by atoms with E-state index in [-0.39, 0.29) is 5.75 Å². The van der Waals surface area contributed by atoms with Crippen molar-refractivity contribution in [3.8, 4) is 28.8 Å². The van der Waals surface area contributed by atoms with Gasteiger partial charge in [-0.05, 0) is 105 Å². The molecular formula is C35H38N8O. The Labute approximate surface area is 258 Å². The fourth-order valence-electron chi connectivity index (χ4n) is 7.16. The van der Waals surface area contributed by atoms with E-state index in [0.717, 1.165) is 63.4 Å². The minimum absolute atomic E-state index is 0.181. The minimum atomic E-state index is 0.181. The van der Waals surface area contributed by atoms with Crippen LogP contribution in [0.25, 0.3) is 11.3 Å². The molecule has 3 aromatic heterocycles. The molecule has 3 aliphatic rings. The normalized spacial score (nSPS) is 21.9. The van der Waals surface area contributed by atoms with Crippen molar-refractivity contribution in [1.82, 2.24) is 25.1 Å². The molecule has 3 saturated heterocycles. The van der Waals surface area contributed by atoms with Gasteiger partial charge in [0.1, 0.15) is 11.4 Å². The highest BCUT2D eigenvalue weighted by molar-refractivity contribution is 5.74. The van der Waals surface area contributed by atoms with E-state index in [9.17, 15) is 5.11 Å². The number of nitrogens with two attached hydrogens (primary N) is 1. The lowest BCUT2D eigenvalue weighted by molar-refractivity contribution is 0.319. The van der Waals surface area contributed by atoms with Gasteiger partial charge in [-0.25, -0.2) is 4.98 Å². The largest absolute Gasteiger partial charge is 0.507 e. The summed E-state index contributed by atoms with van der Waals surface area (Å²) in [6, 6.07) is 18.4. The van der Waals surface area contributed by atoms with Gasteiger partial charge in [0.05, 0.1) is 17.9 Å². The van der Waals surface area contributed by atoms with Crippen molar-refractivity contribution in [3.63, 3.8) is 0 Å². The summed E-state index contributed by atoms with van der Waals surface area (Å²) in [5.74, 6) is 7.97. The Morgan fingerprint density at radius 2 is 1.70 bits per heavy atom. The van der Waals surface area contributed by atoms with Gasteiger partial charge in [0.15, 0.2) is 5.82 Å². The zero-order valence-corrected chi connectivity index (χ0v) is 24.9. The van der Waals surface area contributed by atoms with Gasteiger partial charge in [-0.15, -0.1) is 10.2 Å². The van der Waals surface area contributed by atoms with E-state index in [1.54, 1.807) is 12.1 Å². The molecule has 44 heavy (non-hydrogen) atoms. The monoisotopic (exact) mass is 586 g/mol. The van der Waals surface area contributed by atoms with Crippen LogP contribution in [-0.2, 0) is 0 Å². The lowest BCUT2D eigenvalue weighted by Crippen LogP contribution is -2.54. The fraction of sp³-hybridized carbons (Fsp3) is 0.371. The summed E-state index contributed by atoms with van der Waals surface area (Å²) in [7, 11) is 0. The van der Waals surface area contributed by atoms with E-state index in [1.807, 2.05) is 36.8 Å². The molecule has 3 aliphatic heterocycles. The van der Waals surface area contributed by atoms with Gasteiger partial charge >= 0.3 is 0 Å². The van der Waals surface area contributed by atoms with Crippen LogP contribution in [0.4, 0.5) is 17.2 Å². The van der Waals surface area contributed by atoms with Crippen LogP contribution in [0.3, 0.4) is 0 Å². The van der Waals surface area contributed by atoms with Crippen molar-refractivity contribution >= 4 is 17.2 Å². The number of hydrogen-bond acceptors (Lipinski definition) is 9. The van der Waals surface area contributed by atoms with E-state index in [4.69, 9.17) is 5.73 Å². The zero-order chi connectivity index (χ0) is 29.9. The summed E-state index contributed by atoms with van der Waals surface area (Å²) in [6.45, 7) is 4.59. The van der Waals surface area contributed by atoms with E-state index in [2.05, 4.69) is 71.0 Å². The maximum absolute atomic E-state index is 10.4. The van der Waals surface area contributed by atoms with E-state index in [0.29, 0.717) is 35.1 Å². The summed E-state index contributed by atoms with van der Waals surface area (Å²) < 4.78 is 0. The molecule has 3 unspecified atom stereocenters. The number of aromatic hydroxyl groups is 1. The van der Waals surface area contributed by atoms with Crippen LogP contribution < -0.4 is 15.5 Å². The highest BCUT2D eigenvalue weighted by Crippen LogP contribution is 2.39. The highest BCUT2D eigenvalue weighted by atomic mass is 16.3. The standard InChI is InChI=1S/C35H38N8O/c36-35-33(22-32(39-40-35)31-7-1-2-8-34(31)44)42-23-29-9-10-30(24-42)43(29)28-13-17-38-27(21-28)6-4-19-41-18-3-5-25(14-20-41)26-11-15-37-16-12-26/h1-2,7-8,11-13,15-17,21-22,25,29-30,44H,3,5,9-10,14,18-20,23-24H2,(H2,36,40). The van der Waals surface area contributed by atoms with E-state index < -0.39 is 0 Å². The summed E-state index contributed by atoms with van der Waals surface area (Å²) in [4.78, 5) is 16.1. The topological polar surface area (TPSA) is 108 Å². The summed E-state index contributed by atoms with van der Waals surface area (Å²) >= 11 is 0. The van der Waals surface area contributed by atoms with Gasteiger partial charge in [-0.1, -0.05) is 18.1 Å². The van der Waals surface area contributed by atoms with Gasteiger partial charge in [0.25, 0.3) is 0 Å². The molecular weight excluding hydrogens is 548 g/mol. The quantitative estimate of drug-likeness (QED) is 0.322. The van der Waals surface area contributed by atoms with Crippen LogP contribution in [-0.4, -0.2) is 75.0 Å². The summed E-state index contributed by atoms with van der Waals surface area (Å²) in [5.41, 5.74) is 11.9. The second-order valence-electron chi connectivity index (χ2n) is 12.1. The molecule has 9 nitrogen and oxygen atoms in total. The third kappa shape index (κ3) is 5.90. The van der Waals surface area contributed by atoms with Crippen molar-refractivity contribution in [3.05, 3.63) is 84.4 Å². The smallest absolute Gasteiger partial charge is 0.169 e. The summed E-state index contributed by atoms with van der Waals surface area (Å²) in [5, 5.41) is 18.9. The molecule has 1 aromatic carbocycles. The van der Waals surface area contributed by atoms with Gasteiger partial charge in [0, 0.05) is 55.0 Å². The first-order valence-electron chi connectivity index (χ1n) is 15.6. The van der Waals surface area contributed by atoms with Crippen LogP contribution in [0.2, 0.25) is 0 Å². The molecule has 0 amide bonds. The molecule has 3 N–H and O–H groups in total. The van der Waals surface area contributed by atoms with Crippen LogP contribution in [0.1, 0.15) is 49.3 Å². The number of piperazine rings is 1. The molecule has 6 heterocycles. The number of phenolic OH excluding ortho intramolecular Hbond substituents is 1. The number of para-hydroxylation sites is 1. The lowest BCUT2D eigenvalue weighted by Gasteiger charge is -2.43. The van der Waals surface area contributed by atoms with E-state index in [1.165, 1.54) is 24.1 Å². The molecule has 3 fully saturated rings. The molecule has 2 bridgehead atoms. The Morgan fingerprint density at radius 3 is 2.52 bits per heavy atom. The number of anilines is 3. The number of likely N-dealkylation sites (tertiary alicyclic amines) is 1. The Balaban J connectivity index is 1.01. The number of fused-ring (bicyclic) bond motifs is 2. The molecule has 3 atom stereocenters. The van der Waals surface area contributed by atoms with Gasteiger partial charge in [-0.2, -0.15) is 0 Å². The van der Waals surface area contributed by atoms with Crippen molar-refractivity contribution in [1.29, 1.82) is 0 Å². The van der Waals surface area contributed by atoms with Crippen molar-refractivity contribution < 1.29 is 5.11 Å². The number of nitrogen functional groups attached to an aromatic ring is 1. The van der Waals surface area contributed by atoms with Crippen LogP contribution >= 0.6 is 0 Å². The molecule has 0 radical (unpaired) electrons. The SMILES string of the molecule is Nc1nnc(-c2ccccc2O)cc1N1CC2CCC(C1)N2c1ccnc(C#CCN2CCCC(c3ccncc3)CC2)c1. The maximum Gasteiger partial charge on any atom is 0.169 e. The van der Waals surface area contributed by atoms with Crippen molar-refractivity contribution in [2.45, 2.75) is 50.1 Å².